The first-order valence-corrected chi connectivity index (χ1v) is 8.39. The molecule has 21 heavy (non-hydrogen) atoms. The van der Waals surface area contributed by atoms with Crippen LogP contribution in [0.4, 0.5) is 0 Å². The van der Waals surface area contributed by atoms with Gasteiger partial charge in [0.15, 0.2) is 0 Å². The lowest BCUT2D eigenvalue weighted by atomic mass is 10.2. The van der Waals surface area contributed by atoms with E-state index in [2.05, 4.69) is 66.6 Å². The van der Waals surface area contributed by atoms with Crippen molar-refractivity contribution >= 4 is 11.3 Å². The monoisotopic (exact) mass is 306 g/mol. The molecule has 0 fully saturated rings. The van der Waals surface area contributed by atoms with Crippen molar-refractivity contribution in [2.24, 2.45) is 0 Å². The second-order valence-electron chi connectivity index (χ2n) is 5.69. The maximum atomic E-state index is 4.56. The zero-order valence-corrected chi connectivity index (χ0v) is 14.4. The molecule has 2 aromatic heterocycles. The lowest BCUT2D eigenvalue weighted by Crippen LogP contribution is -2.31. The van der Waals surface area contributed by atoms with E-state index >= 15 is 0 Å². The van der Waals surface area contributed by atoms with Crippen LogP contribution in [-0.4, -0.2) is 46.8 Å². The minimum absolute atomic E-state index is 0.934. The molecule has 0 aliphatic carbocycles. The average Bonchev–Trinajstić information content (AvgIpc) is 3.06. The molecule has 0 saturated heterocycles. The molecule has 0 aliphatic heterocycles. The van der Waals surface area contributed by atoms with Gasteiger partial charge in [-0.1, -0.05) is 6.07 Å². The number of hydrogen-bond donors (Lipinski definition) is 0. The summed E-state index contributed by atoms with van der Waals surface area (Å²) in [6, 6.07) is 4.35. The predicted molar refractivity (Wildman–Crippen MR) is 89.6 cm³/mol. The third kappa shape index (κ3) is 4.95. The maximum absolute atomic E-state index is 4.56. The average molecular weight is 306 g/mol. The molecule has 2 heterocycles. The van der Waals surface area contributed by atoms with Crippen molar-refractivity contribution in [2.75, 3.05) is 27.2 Å². The van der Waals surface area contributed by atoms with E-state index in [1.54, 1.807) is 0 Å². The highest BCUT2D eigenvalue weighted by atomic mass is 32.1. The van der Waals surface area contributed by atoms with Crippen LogP contribution in [0.2, 0.25) is 0 Å². The van der Waals surface area contributed by atoms with E-state index in [4.69, 9.17) is 0 Å². The van der Waals surface area contributed by atoms with E-state index in [0.717, 1.165) is 38.4 Å². The second-order valence-corrected chi connectivity index (χ2v) is 6.72. The van der Waals surface area contributed by atoms with Gasteiger partial charge in [0.1, 0.15) is 0 Å². The summed E-state index contributed by atoms with van der Waals surface area (Å²) in [5, 5.41) is 6.71. The Morgan fingerprint density at radius 3 is 2.62 bits per heavy atom. The van der Waals surface area contributed by atoms with Crippen molar-refractivity contribution in [1.29, 1.82) is 0 Å². The molecule has 116 valence electrons. The van der Waals surface area contributed by atoms with Crippen LogP contribution in [0.3, 0.4) is 0 Å². The zero-order chi connectivity index (χ0) is 15.2. The van der Waals surface area contributed by atoms with Gasteiger partial charge < -0.3 is 4.90 Å². The van der Waals surface area contributed by atoms with Crippen molar-refractivity contribution in [2.45, 2.75) is 33.5 Å². The molecule has 0 saturated carbocycles. The molecular formula is C16H26N4S. The molecule has 0 amide bonds. The molecule has 0 radical (unpaired) electrons. The van der Waals surface area contributed by atoms with Crippen LogP contribution >= 0.6 is 11.3 Å². The SMILES string of the molecule is CCn1cc(CN(CCN(C)C)Cc2cccs2)c(C)n1. The summed E-state index contributed by atoms with van der Waals surface area (Å²) in [6.07, 6.45) is 2.19. The second kappa shape index (κ2) is 7.73. The quantitative estimate of drug-likeness (QED) is 0.749. The molecular weight excluding hydrogens is 280 g/mol. The third-order valence-electron chi connectivity index (χ3n) is 3.59. The summed E-state index contributed by atoms with van der Waals surface area (Å²) < 4.78 is 2.03. The van der Waals surface area contributed by atoms with Crippen LogP contribution < -0.4 is 0 Å². The van der Waals surface area contributed by atoms with Crippen LogP contribution in [0.1, 0.15) is 23.1 Å². The minimum Gasteiger partial charge on any atom is -0.308 e. The molecule has 5 heteroatoms. The zero-order valence-electron chi connectivity index (χ0n) is 13.5. The van der Waals surface area contributed by atoms with Gasteiger partial charge in [-0.05, 0) is 39.4 Å². The Hall–Kier alpha value is -1.17. The minimum atomic E-state index is 0.934. The Morgan fingerprint density at radius 2 is 2.05 bits per heavy atom. The van der Waals surface area contributed by atoms with Crippen molar-refractivity contribution in [3.05, 3.63) is 39.8 Å². The Labute approximate surface area is 132 Å². The summed E-state index contributed by atoms with van der Waals surface area (Å²) in [5.74, 6) is 0. The fourth-order valence-corrected chi connectivity index (χ4v) is 3.04. The van der Waals surface area contributed by atoms with Gasteiger partial charge in [-0.2, -0.15) is 5.10 Å². The molecule has 4 nitrogen and oxygen atoms in total. The summed E-state index contributed by atoms with van der Waals surface area (Å²) in [4.78, 5) is 6.17. The molecule has 0 bridgehead atoms. The number of thiophene rings is 1. The Kier molecular flexibility index (Phi) is 5.96. The van der Waals surface area contributed by atoms with Gasteiger partial charge >= 0.3 is 0 Å². The fraction of sp³-hybridized carbons (Fsp3) is 0.562. The highest BCUT2D eigenvalue weighted by Gasteiger charge is 2.12. The number of hydrogen-bond acceptors (Lipinski definition) is 4. The molecule has 2 rings (SSSR count). The van der Waals surface area contributed by atoms with E-state index < -0.39 is 0 Å². The molecule has 2 aromatic rings. The number of nitrogens with zero attached hydrogens (tertiary/aromatic N) is 4. The fourth-order valence-electron chi connectivity index (χ4n) is 2.30. The van der Waals surface area contributed by atoms with Crippen LogP contribution in [0.25, 0.3) is 0 Å². The standard InChI is InChI=1S/C16H26N4S/c1-5-20-12-15(14(2)17-20)11-19(9-8-18(3)4)13-16-7-6-10-21-16/h6-7,10,12H,5,8-9,11,13H2,1-4H3. The molecule has 0 unspecified atom stereocenters. The lowest BCUT2D eigenvalue weighted by molar-refractivity contribution is 0.227. The van der Waals surface area contributed by atoms with E-state index in [1.807, 2.05) is 16.0 Å². The van der Waals surface area contributed by atoms with Crippen molar-refractivity contribution in [3.8, 4) is 0 Å². The van der Waals surface area contributed by atoms with Crippen LogP contribution in [0, 0.1) is 6.92 Å². The highest BCUT2D eigenvalue weighted by Crippen LogP contribution is 2.16. The van der Waals surface area contributed by atoms with Crippen molar-refractivity contribution in [3.63, 3.8) is 0 Å². The summed E-state index contributed by atoms with van der Waals surface area (Å²) >= 11 is 1.83. The number of likely N-dealkylation sites (N-methyl/N-ethyl adjacent to an activating group) is 1. The first kappa shape index (κ1) is 16.2. The van der Waals surface area contributed by atoms with Gasteiger partial charge in [0, 0.05) is 49.4 Å². The smallest absolute Gasteiger partial charge is 0.0638 e. The third-order valence-corrected chi connectivity index (χ3v) is 4.45. The molecule has 0 atom stereocenters. The molecule has 0 aromatic carbocycles. The van der Waals surface area contributed by atoms with Gasteiger partial charge in [0.2, 0.25) is 0 Å². The Morgan fingerprint density at radius 1 is 1.24 bits per heavy atom. The van der Waals surface area contributed by atoms with Gasteiger partial charge in [-0.25, -0.2) is 0 Å². The Balaban J connectivity index is 2.04. The van der Waals surface area contributed by atoms with Gasteiger partial charge in [0.05, 0.1) is 5.69 Å². The van der Waals surface area contributed by atoms with Crippen LogP contribution in [0.15, 0.2) is 23.7 Å². The lowest BCUT2D eigenvalue weighted by Gasteiger charge is -2.23. The van der Waals surface area contributed by atoms with E-state index in [0.29, 0.717) is 0 Å². The van der Waals surface area contributed by atoms with E-state index in [-0.39, 0.29) is 0 Å². The number of aromatic nitrogens is 2. The van der Waals surface area contributed by atoms with Crippen molar-refractivity contribution < 1.29 is 0 Å². The van der Waals surface area contributed by atoms with Crippen LogP contribution in [0.5, 0.6) is 0 Å². The van der Waals surface area contributed by atoms with E-state index in [9.17, 15) is 0 Å². The number of rotatable bonds is 8. The van der Waals surface area contributed by atoms with Gasteiger partial charge in [0.25, 0.3) is 0 Å². The summed E-state index contributed by atoms with van der Waals surface area (Å²) in [6.45, 7) is 9.31. The van der Waals surface area contributed by atoms with E-state index in [1.165, 1.54) is 10.4 Å². The highest BCUT2D eigenvalue weighted by molar-refractivity contribution is 7.09. The topological polar surface area (TPSA) is 24.3 Å². The predicted octanol–water partition coefficient (Wildman–Crippen LogP) is 2.84. The summed E-state index contributed by atoms with van der Waals surface area (Å²) in [5.41, 5.74) is 2.49. The Bertz CT molecular complexity index is 530. The maximum Gasteiger partial charge on any atom is 0.0638 e. The molecule has 0 N–H and O–H groups in total. The largest absolute Gasteiger partial charge is 0.308 e. The number of aryl methyl sites for hydroxylation is 2. The summed E-state index contributed by atoms with van der Waals surface area (Å²) in [7, 11) is 4.26. The first-order chi connectivity index (χ1) is 10.1. The van der Waals surface area contributed by atoms with Gasteiger partial charge in [-0.3, -0.25) is 9.58 Å². The first-order valence-electron chi connectivity index (χ1n) is 7.51. The van der Waals surface area contributed by atoms with Crippen molar-refractivity contribution in [1.82, 2.24) is 19.6 Å². The van der Waals surface area contributed by atoms with Gasteiger partial charge in [-0.15, -0.1) is 11.3 Å². The van der Waals surface area contributed by atoms with Crippen LogP contribution in [-0.2, 0) is 19.6 Å². The molecule has 0 spiro atoms. The normalized spacial score (nSPS) is 11.7. The molecule has 0 aliphatic rings.